The van der Waals surface area contributed by atoms with E-state index in [1.807, 2.05) is 17.0 Å². The van der Waals surface area contributed by atoms with Gasteiger partial charge in [-0.2, -0.15) is 0 Å². The Morgan fingerprint density at radius 3 is 2.79 bits per heavy atom. The van der Waals surface area contributed by atoms with Crippen molar-refractivity contribution in [1.82, 2.24) is 4.90 Å². The first-order valence-corrected chi connectivity index (χ1v) is 8.15. The van der Waals surface area contributed by atoms with Gasteiger partial charge in [0, 0.05) is 23.8 Å². The maximum atomic E-state index is 12.3. The van der Waals surface area contributed by atoms with Crippen LogP contribution >= 0.6 is 22.9 Å². The van der Waals surface area contributed by atoms with Gasteiger partial charge in [0.15, 0.2) is 0 Å². The maximum absolute atomic E-state index is 12.3. The van der Waals surface area contributed by atoms with Crippen molar-refractivity contribution in [3.05, 3.63) is 21.9 Å². The van der Waals surface area contributed by atoms with Crippen LogP contribution in [0, 0.1) is 0 Å². The molecule has 1 aliphatic rings. The molecule has 1 fully saturated rings. The maximum Gasteiger partial charge on any atom is 0.263 e. The minimum Gasteiger partial charge on any atom is -0.377 e. The number of halogens is 1. The van der Waals surface area contributed by atoms with E-state index in [9.17, 15) is 4.79 Å². The number of hydrogen-bond donors (Lipinski definition) is 0. The highest BCUT2D eigenvalue weighted by molar-refractivity contribution is 7.14. The number of carbonyl (C=O) groups excluding carboxylic acids is 1. The summed E-state index contributed by atoms with van der Waals surface area (Å²) in [5, 5.41) is 0. The molecule has 0 spiro atoms. The van der Waals surface area contributed by atoms with Gasteiger partial charge in [0.25, 0.3) is 5.91 Å². The van der Waals surface area contributed by atoms with Gasteiger partial charge in [-0.05, 0) is 31.4 Å². The molecule has 1 saturated heterocycles. The van der Waals surface area contributed by atoms with Crippen molar-refractivity contribution in [1.29, 1.82) is 0 Å². The van der Waals surface area contributed by atoms with Crippen LogP contribution < -0.4 is 0 Å². The summed E-state index contributed by atoms with van der Waals surface area (Å²) in [6.07, 6.45) is 3.08. The molecule has 5 heteroatoms. The molecule has 0 unspecified atom stereocenters. The van der Waals surface area contributed by atoms with Gasteiger partial charge in [0.2, 0.25) is 0 Å². The molecule has 0 saturated carbocycles. The molecule has 2 rings (SSSR count). The van der Waals surface area contributed by atoms with Crippen LogP contribution in [-0.2, 0) is 11.2 Å². The second-order valence-corrected chi connectivity index (χ2v) is 6.22. The second kappa shape index (κ2) is 7.27. The number of ether oxygens (including phenoxy) is 1. The number of nitrogens with zero attached hydrogens (tertiary/aromatic N) is 1. The Morgan fingerprint density at radius 1 is 1.47 bits per heavy atom. The van der Waals surface area contributed by atoms with Gasteiger partial charge in [-0.1, -0.05) is 6.92 Å². The number of carbonyl (C=O) groups is 1. The summed E-state index contributed by atoms with van der Waals surface area (Å²) in [4.78, 5) is 16.4. The van der Waals surface area contributed by atoms with Crippen molar-refractivity contribution in [3.8, 4) is 0 Å². The number of rotatable bonds is 5. The number of alkyl halides is 1. The standard InChI is InChI=1S/C14H20ClNO2S/c1-2-12-3-4-13(19-12)14(17)16-8-5-11(6-9-16)18-10-7-15/h3-4,11H,2,5-10H2,1H3. The molecule has 0 bridgehead atoms. The summed E-state index contributed by atoms with van der Waals surface area (Å²) in [5.41, 5.74) is 0. The van der Waals surface area contributed by atoms with Crippen LogP contribution in [0.4, 0.5) is 0 Å². The first-order valence-electron chi connectivity index (χ1n) is 6.80. The fourth-order valence-corrected chi connectivity index (χ4v) is 3.28. The highest BCUT2D eigenvalue weighted by Gasteiger charge is 2.24. The number of hydrogen-bond acceptors (Lipinski definition) is 3. The third-order valence-electron chi connectivity index (χ3n) is 3.38. The third kappa shape index (κ3) is 3.94. The predicted molar refractivity (Wildman–Crippen MR) is 79.3 cm³/mol. The van der Waals surface area contributed by atoms with E-state index in [0.717, 1.165) is 37.2 Å². The molecule has 1 aromatic rings. The van der Waals surface area contributed by atoms with Crippen molar-refractivity contribution >= 4 is 28.8 Å². The summed E-state index contributed by atoms with van der Waals surface area (Å²) in [7, 11) is 0. The molecule has 0 atom stereocenters. The van der Waals surface area contributed by atoms with E-state index in [0.29, 0.717) is 12.5 Å². The van der Waals surface area contributed by atoms with Crippen LogP contribution in [0.15, 0.2) is 12.1 Å². The molecule has 1 aromatic heterocycles. The van der Waals surface area contributed by atoms with Gasteiger partial charge in [0.05, 0.1) is 17.6 Å². The van der Waals surface area contributed by atoms with Gasteiger partial charge in [-0.15, -0.1) is 22.9 Å². The van der Waals surface area contributed by atoms with Gasteiger partial charge < -0.3 is 9.64 Å². The average Bonchev–Trinajstić information content (AvgIpc) is 2.94. The molecular formula is C14H20ClNO2S. The molecule has 0 aromatic carbocycles. The number of aryl methyl sites for hydroxylation is 1. The zero-order chi connectivity index (χ0) is 13.7. The zero-order valence-electron chi connectivity index (χ0n) is 11.2. The minimum atomic E-state index is 0.167. The van der Waals surface area contributed by atoms with Crippen molar-refractivity contribution in [3.63, 3.8) is 0 Å². The Balaban J connectivity index is 1.85. The van der Waals surface area contributed by atoms with Crippen LogP contribution in [0.25, 0.3) is 0 Å². The minimum absolute atomic E-state index is 0.167. The molecule has 3 nitrogen and oxygen atoms in total. The van der Waals surface area contributed by atoms with Gasteiger partial charge in [-0.25, -0.2) is 0 Å². The van der Waals surface area contributed by atoms with Crippen LogP contribution in [-0.4, -0.2) is 42.5 Å². The Kier molecular flexibility index (Phi) is 5.67. The fraction of sp³-hybridized carbons (Fsp3) is 0.643. The van der Waals surface area contributed by atoms with Crippen LogP contribution in [0.2, 0.25) is 0 Å². The molecule has 1 amide bonds. The van der Waals surface area contributed by atoms with Crippen molar-refractivity contribution in [2.75, 3.05) is 25.6 Å². The van der Waals surface area contributed by atoms with Gasteiger partial charge in [-0.3, -0.25) is 4.79 Å². The Hall–Kier alpha value is -0.580. The molecule has 0 aliphatic carbocycles. The van der Waals surface area contributed by atoms with E-state index in [-0.39, 0.29) is 12.0 Å². The lowest BCUT2D eigenvalue weighted by Crippen LogP contribution is -2.40. The number of thiophene rings is 1. The fourth-order valence-electron chi connectivity index (χ4n) is 2.28. The molecule has 0 radical (unpaired) electrons. The van der Waals surface area contributed by atoms with Crippen LogP contribution in [0.1, 0.15) is 34.3 Å². The summed E-state index contributed by atoms with van der Waals surface area (Å²) in [6.45, 7) is 4.28. The van der Waals surface area contributed by atoms with E-state index in [1.54, 1.807) is 11.3 Å². The largest absolute Gasteiger partial charge is 0.377 e. The Labute approximate surface area is 123 Å². The number of likely N-dealkylation sites (tertiary alicyclic amines) is 1. The Morgan fingerprint density at radius 2 is 2.21 bits per heavy atom. The van der Waals surface area contributed by atoms with E-state index < -0.39 is 0 Å². The van der Waals surface area contributed by atoms with Crippen LogP contribution in [0.3, 0.4) is 0 Å². The molecule has 2 heterocycles. The lowest BCUT2D eigenvalue weighted by atomic mass is 10.1. The van der Waals surface area contributed by atoms with Crippen molar-refractivity contribution < 1.29 is 9.53 Å². The van der Waals surface area contributed by atoms with Gasteiger partial charge >= 0.3 is 0 Å². The molecule has 19 heavy (non-hydrogen) atoms. The monoisotopic (exact) mass is 301 g/mol. The normalized spacial score (nSPS) is 16.8. The van der Waals surface area contributed by atoms with Crippen LogP contribution in [0.5, 0.6) is 0 Å². The van der Waals surface area contributed by atoms with E-state index in [2.05, 4.69) is 6.92 Å². The molecular weight excluding hydrogens is 282 g/mol. The van der Waals surface area contributed by atoms with Gasteiger partial charge in [0.1, 0.15) is 0 Å². The summed E-state index contributed by atoms with van der Waals surface area (Å²) < 4.78 is 5.62. The molecule has 1 aliphatic heterocycles. The lowest BCUT2D eigenvalue weighted by Gasteiger charge is -2.31. The second-order valence-electron chi connectivity index (χ2n) is 4.67. The first kappa shape index (κ1) is 14.8. The Bertz CT molecular complexity index is 413. The predicted octanol–water partition coefficient (Wildman–Crippen LogP) is 3.17. The first-order chi connectivity index (χ1) is 9.24. The topological polar surface area (TPSA) is 29.5 Å². The highest BCUT2D eigenvalue weighted by atomic mass is 35.5. The zero-order valence-corrected chi connectivity index (χ0v) is 12.8. The summed E-state index contributed by atoms with van der Waals surface area (Å²) in [5.74, 6) is 0.703. The average molecular weight is 302 g/mol. The number of piperidine rings is 1. The molecule has 106 valence electrons. The smallest absolute Gasteiger partial charge is 0.263 e. The quantitative estimate of drug-likeness (QED) is 0.782. The highest BCUT2D eigenvalue weighted by Crippen LogP contribution is 2.21. The summed E-state index contributed by atoms with van der Waals surface area (Å²) >= 11 is 7.22. The lowest BCUT2D eigenvalue weighted by molar-refractivity contribution is 0.0155. The van der Waals surface area contributed by atoms with Crippen molar-refractivity contribution in [2.45, 2.75) is 32.3 Å². The van der Waals surface area contributed by atoms with E-state index >= 15 is 0 Å². The van der Waals surface area contributed by atoms with E-state index in [1.165, 1.54) is 4.88 Å². The molecule has 0 N–H and O–H groups in total. The third-order valence-corrected chi connectivity index (χ3v) is 4.75. The summed E-state index contributed by atoms with van der Waals surface area (Å²) in [6, 6.07) is 4.00. The van der Waals surface area contributed by atoms with Crippen molar-refractivity contribution in [2.24, 2.45) is 0 Å². The number of amides is 1. The van der Waals surface area contributed by atoms with E-state index in [4.69, 9.17) is 16.3 Å². The SMILES string of the molecule is CCc1ccc(C(=O)N2CCC(OCCCl)CC2)s1.